The Labute approximate surface area is 77.6 Å². The molecule has 1 aromatic heterocycles. The van der Waals surface area contributed by atoms with E-state index in [0.717, 1.165) is 11.1 Å². The Bertz CT molecular complexity index is 479. The summed E-state index contributed by atoms with van der Waals surface area (Å²) in [6.07, 6.45) is 0. The van der Waals surface area contributed by atoms with Crippen molar-refractivity contribution in [2.75, 3.05) is 0 Å². The minimum absolute atomic E-state index is 0.438. The third-order valence-corrected chi connectivity index (χ3v) is 2.08. The van der Waals surface area contributed by atoms with Crippen LogP contribution in [0.2, 0.25) is 0 Å². The van der Waals surface area contributed by atoms with Crippen LogP contribution in [0.4, 0.5) is 0 Å². The van der Waals surface area contributed by atoms with Crippen LogP contribution in [0.5, 0.6) is 0 Å². The Morgan fingerprint density at radius 2 is 2.38 bits per heavy atom. The van der Waals surface area contributed by atoms with Crippen molar-refractivity contribution >= 4 is 17.7 Å². The van der Waals surface area contributed by atoms with Crippen molar-refractivity contribution in [2.45, 2.75) is 13.5 Å². The van der Waals surface area contributed by atoms with Crippen LogP contribution >= 0.6 is 0 Å². The molecule has 0 amide bonds. The fourth-order valence-corrected chi connectivity index (χ4v) is 1.48. The molecular weight excluding hydrogens is 159 g/mol. The number of hydrogen-bond donors (Lipinski definition) is 1. The van der Waals surface area contributed by atoms with Gasteiger partial charge in [-0.15, -0.1) is 0 Å². The number of hydrogen-bond acceptors (Lipinski definition) is 0. The summed E-state index contributed by atoms with van der Waals surface area (Å²) in [4.78, 5) is 6.55. The molecule has 0 aliphatic carbocycles. The molecule has 0 spiro atoms. The normalized spacial score (nSPS) is 9.85. The molecule has 1 heterocycles. The second-order valence-electron chi connectivity index (χ2n) is 3.20. The van der Waals surface area contributed by atoms with Crippen molar-refractivity contribution < 1.29 is 0 Å². The molecule has 1 aromatic carbocycles. The van der Waals surface area contributed by atoms with Gasteiger partial charge >= 0.3 is 76.9 Å². The van der Waals surface area contributed by atoms with Gasteiger partial charge in [0, 0.05) is 0 Å². The number of aryl methyl sites for hydroxylation is 1. The van der Waals surface area contributed by atoms with Gasteiger partial charge in [0.2, 0.25) is 0 Å². The Kier molecular flexibility index (Phi) is 1.90. The fraction of sp³-hybridized carbons (Fsp3) is 0.200. The molecule has 0 saturated carbocycles. The molecule has 13 heavy (non-hydrogen) atoms. The molecule has 0 fully saturated rings. The summed E-state index contributed by atoms with van der Waals surface area (Å²) in [7, 11) is 0. The Morgan fingerprint density at radius 1 is 1.54 bits per heavy atom. The van der Waals surface area contributed by atoms with Gasteiger partial charge < -0.3 is 0 Å². The van der Waals surface area contributed by atoms with E-state index in [1.807, 2.05) is 6.91 Å². The predicted octanol–water partition coefficient (Wildman–Crippen LogP) is 2.23. The molecule has 0 aliphatic rings. The molecule has 62 valence electrons. The Hall–Kier alpha value is -1.56. The molecule has 3 heteroatoms. The third kappa shape index (κ3) is 1.48. The molecule has 2 rings (SSSR count). The zero-order chi connectivity index (χ0) is 9.26. The van der Waals surface area contributed by atoms with E-state index in [1.165, 1.54) is 10.8 Å². The average Bonchev–Trinajstić information content (AvgIpc) is 2.46. The number of aromatic nitrogens is 1. The first kappa shape index (κ1) is 8.06. The average molecular weight is 168 g/mol. The van der Waals surface area contributed by atoms with Crippen LogP contribution in [-0.4, -0.2) is 11.9 Å². The molecule has 0 aliphatic heterocycles. The van der Waals surface area contributed by atoms with Gasteiger partial charge in [-0.25, -0.2) is 0 Å². The summed E-state index contributed by atoms with van der Waals surface area (Å²) in [5, 5.41) is 1.19. The molecule has 1 N–H and O–H groups in total. The van der Waals surface area contributed by atoms with Gasteiger partial charge in [0.15, 0.2) is 0 Å². The summed E-state index contributed by atoms with van der Waals surface area (Å²) in [6, 6.07) is 6.25. The van der Waals surface area contributed by atoms with Crippen molar-refractivity contribution in [2.24, 2.45) is 0 Å². The van der Waals surface area contributed by atoms with Crippen molar-refractivity contribution in [3.8, 4) is 0 Å². The number of aromatic amines is 1. The first-order chi connectivity index (χ1) is 6.29. The van der Waals surface area contributed by atoms with Gasteiger partial charge in [-0.1, -0.05) is 0 Å². The van der Waals surface area contributed by atoms with Gasteiger partial charge in [-0.05, 0) is 0 Å². The van der Waals surface area contributed by atoms with Gasteiger partial charge in [-0.3, -0.25) is 0 Å². The van der Waals surface area contributed by atoms with E-state index in [4.69, 9.17) is 6.57 Å². The van der Waals surface area contributed by atoms with Crippen LogP contribution < -0.4 is 0 Å². The van der Waals surface area contributed by atoms with E-state index in [-0.39, 0.29) is 0 Å². The van der Waals surface area contributed by atoms with Crippen molar-refractivity contribution in [1.82, 2.24) is 4.98 Å². The van der Waals surface area contributed by atoms with Gasteiger partial charge in [-0.2, -0.15) is 0 Å². The van der Waals surface area contributed by atoms with E-state index in [9.17, 15) is 0 Å². The molecule has 0 saturated heterocycles. The monoisotopic (exact) mass is 168 g/mol. The SMILES string of the molecule is [C-]#[N+]Cc1bc2cc(C)ccc2[nH]1. The number of nitrogens with one attached hydrogen (secondary N) is 1. The maximum absolute atomic E-state index is 6.76. The van der Waals surface area contributed by atoms with E-state index in [1.54, 1.807) is 0 Å². The van der Waals surface area contributed by atoms with Crippen molar-refractivity contribution in [3.05, 3.63) is 40.8 Å². The van der Waals surface area contributed by atoms with Crippen LogP contribution in [0.25, 0.3) is 15.6 Å². The second-order valence-corrected chi connectivity index (χ2v) is 3.20. The van der Waals surface area contributed by atoms with Gasteiger partial charge in [0.1, 0.15) is 0 Å². The van der Waals surface area contributed by atoms with E-state index in [2.05, 4.69) is 35.0 Å². The topological polar surface area (TPSA) is 20.1 Å². The number of benzene rings is 1. The molecule has 2 aromatic rings. The zero-order valence-corrected chi connectivity index (χ0v) is 7.46. The minimum atomic E-state index is 0.438. The zero-order valence-electron chi connectivity index (χ0n) is 7.46. The summed E-state index contributed by atoms with van der Waals surface area (Å²) in [6.45, 7) is 11.3. The fourth-order valence-electron chi connectivity index (χ4n) is 1.48. The first-order valence-corrected chi connectivity index (χ1v) is 4.21. The second kappa shape index (κ2) is 3.06. The van der Waals surface area contributed by atoms with Crippen LogP contribution in [-0.2, 0) is 6.54 Å². The maximum atomic E-state index is 6.76. The van der Waals surface area contributed by atoms with E-state index < -0.39 is 0 Å². The summed E-state index contributed by atoms with van der Waals surface area (Å²) in [5.74, 6) is 0. The van der Waals surface area contributed by atoms with Crippen LogP contribution in [0.1, 0.15) is 11.2 Å². The van der Waals surface area contributed by atoms with Gasteiger partial charge in [0.25, 0.3) is 0 Å². The molecule has 0 atom stereocenters. The molecule has 2 nitrogen and oxygen atoms in total. The first-order valence-electron chi connectivity index (χ1n) is 4.21. The Balaban J connectivity index is 2.57. The van der Waals surface area contributed by atoms with Gasteiger partial charge in [0.05, 0.1) is 0 Å². The standard InChI is InChI=1S/C10H9BN2/c1-7-3-4-9-8(5-7)11-10(13-9)6-12-2/h3-5,13H,6H2,1H3. The molecule has 0 unspecified atom stereocenters. The summed E-state index contributed by atoms with van der Waals surface area (Å²) < 4.78 is 0. The number of H-pyrrole nitrogens is 1. The van der Waals surface area contributed by atoms with Crippen LogP contribution in [0, 0.1) is 13.5 Å². The summed E-state index contributed by atoms with van der Waals surface area (Å²) >= 11 is 0. The number of fused-ring (bicyclic) bond motifs is 1. The summed E-state index contributed by atoms with van der Waals surface area (Å²) in [5.41, 5.74) is 3.36. The van der Waals surface area contributed by atoms with Crippen LogP contribution in [0.15, 0.2) is 18.2 Å². The van der Waals surface area contributed by atoms with Crippen molar-refractivity contribution in [1.29, 1.82) is 0 Å². The van der Waals surface area contributed by atoms with E-state index in [0.29, 0.717) is 6.54 Å². The molecule has 0 bridgehead atoms. The number of nitrogens with zero attached hydrogens (tertiary/aromatic N) is 1. The van der Waals surface area contributed by atoms with E-state index >= 15 is 0 Å². The van der Waals surface area contributed by atoms with Crippen molar-refractivity contribution in [3.63, 3.8) is 0 Å². The quantitative estimate of drug-likeness (QED) is 0.630. The van der Waals surface area contributed by atoms with Crippen LogP contribution in [0.3, 0.4) is 0 Å². The third-order valence-electron chi connectivity index (χ3n) is 2.08. The number of rotatable bonds is 1. The molecule has 0 radical (unpaired) electrons. The Morgan fingerprint density at radius 3 is 3.15 bits per heavy atom. The molecular formula is C10H9BN2. The predicted molar refractivity (Wildman–Crippen MR) is 54.7 cm³/mol.